The van der Waals surface area contributed by atoms with Gasteiger partial charge in [0.1, 0.15) is 0 Å². The van der Waals surface area contributed by atoms with E-state index >= 15 is 0 Å². The minimum Gasteiger partial charge on any atom is -0.483 e. The maximum Gasteiger partial charge on any atom is 0.290 e. The quantitative estimate of drug-likeness (QED) is 0.683. The molecule has 1 amide bonds. The Morgan fingerprint density at radius 3 is 2.47 bits per heavy atom. The normalized spacial score (nSPS) is 15.7. The van der Waals surface area contributed by atoms with Gasteiger partial charge in [-0.3, -0.25) is 14.6 Å². The van der Waals surface area contributed by atoms with E-state index in [9.17, 15) is 4.79 Å². The summed E-state index contributed by atoms with van der Waals surface area (Å²) in [4.78, 5) is 23.6. The highest BCUT2D eigenvalue weighted by Gasteiger charge is 2.51. The van der Waals surface area contributed by atoms with Crippen molar-refractivity contribution in [3.63, 3.8) is 0 Å². The van der Waals surface area contributed by atoms with Gasteiger partial charge in [0.25, 0.3) is 6.47 Å². The van der Waals surface area contributed by atoms with E-state index in [4.69, 9.17) is 15.6 Å². The fraction of sp³-hybridized carbons (Fsp3) is 0.300. The van der Waals surface area contributed by atoms with Crippen LogP contribution in [0.4, 0.5) is 0 Å². The second-order valence-corrected chi connectivity index (χ2v) is 3.27. The summed E-state index contributed by atoms with van der Waals surface area (Å²) in [6.45, 7) is -0.250. The Morgan fingerprint density at radius 2 is 2.13 bits per heavy atom. The maximum atomic E-state index is 11.1. The van der Waals surface area contributed by atoms with Crippen molar-refractivity contribution in [3.05, 3.63) is 30.1 Å². The Labute approximate surface area is 86.9 Å². The van der Waals surface area contributed by atoms with Crippen LogP contribution in [0.3, 0.4) is 0 Å². The molecular weight excluding hydrogens is 196 g/mol. The fourth-order valence-electron chi connectivity index (χ4n) is 1.40. The van der Waals surface area contributed by atoms with Gasteiger partial charge in [-0.1, -0.05) is 6.07 Å². The van der Waals surface area contributed by atoms with Gasteiger partial charge in [0.05, 0.1) is 11.1 Å². The van der Waals surface area contributed by atoms with E-state index in [2.05, 4.69) is 4.98 Å². The van der Waals surface area contributed by atoms with Crippen LogP contribution in [0, 0.1) is 0 Å². The Kier molecular flexibility index (Phi) is 3.38. The molecule has 80 valence electrons. The monoisotopic (exact) mass is 208 g/mol. The molecule has 15 heavy (non-hydrogen) atoms. The van der Waals surface area contributed by atoms with Crippen LogP contribution < -0.4 is 5.73 Å². The molecule has 5 heteroatoms. The predicted molar refractivity (Wildman–Crippen MR) is 53.0 cm³/mol. The van der Waals surface area contributed by atoms with E-state index in [0.717, 1.165) is 18.5 Å². The second-order valence-electron chi connectivity index (χ2n) is 3.27. The average Bonchev–Trinajstić information content (AvgIpc) is 3.01. The molecule has 1 aromatic heterocycles. The molecule has 0 bridgehead atoms. The van der Waals surface area contributed by atoms with Crippen LogP contribution >= 0.6 is 0 Å². The third kappa shape index (κ3) is 2.31. The van der Waals surface area contributed by atoms with E-state index in [1.807, 2.05) is 18.2 Å². The highest BCUT2D eigenvalue weighted by molar-refractivity contribution is 5.89. The molecule has 0 aliphatic heterocycles. The molecule has 1 saturated carbocycles. The Hall–Kier alpha value is -1.91. The summed E-state index contributed by atoms with van der Waals surface area (Å²) in [6.07, 6.45) is 3.39. The zero-order chi connectivity index (χ0) is 11.3. The summed E-state index contributed by atoms with van der Waals surface area (Å²) >= 11 is 0. The van der Waals surface area contributed by atoms with Crippen LogP contribution in [0.2, 0.25) is 0 Å². The molecule has 0 radical (unpaired) electrons. The van der Waals surface area contributed by atoms with Crippen LogP contribution in [0.25, 0.3) is 0 Å². The number of amides is 1. The lowest BCUT2D eigenvalue weighted by Gasteiger charge is -2.08. The number of primary amides is 1. The highest BCUT2D eigenvalue weighted by Crippen LogP contribution is 2.46. The van der Waals surface area contributed by atoms with Gasteiger partial charge in [-0.05, 0) is 25.0 Å². The fourth-order valence-corrected chi connectivity index (χ4v) is 1.40. The van der Waals surface area contributed by atoms with Crippen molar-refractivity contribution in [2.24, 2.45) is 5.73 Å². The first-order valence-corrected chi connectivity index (χ1v) is 4.46. The molecule has 1 aliphatic rings. The van der Waals surface area contributed by atoms with E-state index in [-0.39, 0.29) is 12.4 Å². The molecule has 1 heterocycles. The molecule has 1 fully saturated rings. The number of nitrogens with two attached hydrogens (primary N) is 1. The summed E-state index contributed by atoms with van der Waals surface area (Å²) in [7, 11) is 0. The third-order valence-electron chi connectivity index (χ3n) is 2.38. The number of nitrogens with zero attached hydrogens (tertiary/aromatic N) is 1. The van der Waals surface area contributed by atoms with Crippen LogP contribution in [0.5, 0.6) is 0 Å². The van der Waals surface area contributed by atoms with Gasteiger partial charge >= 0.3 is 0 Å². The lowest BCUT2D eigenvalue weighted by atomic mass is 10.0. The number of hydrogen-bond donors (Lipinski definition) is 2. The van der Waals surface area contributed by atoms with Gasteiger partial charge in [-0.2, -0.15) is 0 Å². The van der Waals surface area contributed by atoms with Crippen LogP contribution in [0.1, 0.15) is 18.5 Å². The van der Waals surface area contributed by atoms with Gasteiger partial charge in [0.15, 0.2) is 0 Å². The molecule has 0 aromatic carbocycles. The van der Waals surface area contributed by atoms with Crippen molar-refractivity contribution in [1.82, 2.24) is 4.98 Å². The lowest BCUT2D eigenvalue weighted by Crippen LogP contribution is -2.29. The number of carbonyl (C=O) groups is 2. The molecule has 0 unspecified atom stereocenters. The summed E-state index contributed by atoms with van der Waals surface area (Å²) in [6, 6.07) is 5.57. The SMILES string of the molecule is NC(=O)C1(c2ccccn2)CC1.O=CO. The zero-order valence-electron chi connectivity index (χ0n) is 8.09. The first kappa shape index (κ1) is 11.2. The lowest BCUT2D eigenvalue weighted by molar-refractivity contribution is -0.123. The minimum atomic E-state index is -0.429. The van der Waals surface area contributed by atoms with Crippen LogP contribution in [0.15, 0.2) is 24.4 Å². The molecule has 1 aliphatic carbocycles. The molecule has 0 spiro atoms. The summed E-state index contributed by atoms with van der Waals surface area (Å²) in [5.74, 6) is -0.249. The van der Waals surface area contributed by atoms with Gasteiger partial charge in [-0.15, -0.1) is 0 Å². The Bertz CT molecular complexity index is 347. The summed E-state index contributed by atoms with van der Waals surface area (Å²) in [5.41, 5.74) is 5.67. The maximum absolute atomic E-state index is 11.1. The molecule has 1 aromatic rings. The number of pyridine rings is 1. The average molecular weight is 208 g/mol. The van der Waals surface area contributed by atoms with Gasteiger partial charge < -0.3 is 10.8 Å². The number of rotatable bonds is 2. The topological polar surface area (TPSA) is 93.3 Å². The highest BCUT2D eigenvalue weighted by atomic mass is 16.3. The Morgan fingerprint density at radius 1 is 1.53 bits per heavy atom. The van der Waals surface area contributed by atoms with Crippen LogP contribution in [-0.4, -0.2) is 22.5 Å². The van der Waals surface area contributed by atoms with Crippen molar-refractivity contribution < 1.29 is 14.7 Å². The van der Waals surface area contributed by atoms with Crippen LogP contribution in [-0.2, 0) is 15.0 Å². The van der Waals surface area contributed by atoms with Crippen molar-refractivity contribution in [1.29, 1.82) is 0 Å². The van der Waals surface area contributed by atoms with E-state index in [0.29, 0.717) is 0 Å². The minimum absolute atomic E-state index is 0.249. The van der Waals surface area contributed by atoms with Gasteiger partial charge in [-0.25, -0.2) is 0 Å². The number of carboxylic acid groups (broad SMARTS) is 1. The molecule has 3 N–H and O–H groups in total. The standard InChI is InChI=1S/C9H10N2O.CH2O2/c10-8(12)9(4-5-9)7-3-1-2-6-11-7;2-1-3/h1-3,6H,4-5H2,(H2,10,12);1H,(H,2,3). The Balaban J connectivity index is 0.000000337. The first-order chi connectivity index (χ1) is 7.17. The van der Waals surface area contributed by atoms with Crippen molar-refractivity contribution in [2.45, 2.75) is 18.3 Å². The number of carbonyl (C=O) groups excluding carboxylic acids is 1. The summed E-state index contributed by atoms with van der Waals surface area (Å²) in [5, 5.41) is 6.89. The zero-order valence-corrected chi connectivity index (χ0v) is 8.09. The largest absolute Gasteiger partial charge is 0.483 e. The molecule has 0 saturated heterocycles. The second kappa shape index (κ2) is 4.54. The third-order valence-corrected chi connectivity index (χ3v) is 2.38. The van der Waals surface area contributed by atoms with Crippen molar-refractivity contribution >= 4 is 12.4 Å². The van der Waals surface area contributed by atoms with E-state index < -0.39 is 5.41 Å². The summed E-state index contributed by atoms with van der Waals surface area (Å²) < 4.78 is 0. The van der Waals surface area contributed by atoms with Gasteiger partial charge in [0, 0.05) is 6.20 Å². The number of aromatic nitrogens is 1. The predicted octanol–water partition coefficient (Wildman–Crippen LogP) is 0.299. The first-order valence-electron chi connectivity index (χ1n) is 4.46. The molecule has 0 atom stereocenters. The van der Waals surface area contributed by atoms with Gasteiger partial charge in [0.2, 0.25) is 5.91 Å². The number of hydrogen-bond acceptors (Lipinski definition) is 3. The molecular formula is C10H12N2O3. The van der Waals surface area contributed by atoms with E-state index in [1.165, 1.54) is 0 Å². The molecule has 2 rings (SSSR count). The molecule has 5 nitrogen and oxygen atoms in total. The van der Waals surface area contributed by atoms with Crippen molar-refractivity contribution in [3.8, 4) is 0 Å². The smallest absolute Gasteiger partial charge is 0.290 e. The van der Waals surface area contributed by atoms with Crippen molar-refractivity contribution in [2.75, 3.05) is 0 Å². The van der Waals surface area contributed by atoms with E-state index in [1.54, 1.807) is 6.20 Å².